The molecule has 0 aliphatic carbocycles. The zero-order valence-electron chi connectivity index (χ0n) is 13.3. The lowest BCUT2D eigenvalue weighted by atomic mass is 10.1. The predicted octanol–water partition coefficient (Wildman–Crippen LogP) is 3.58. The van der Waals surface area contributed by atoms with E-state index in [4.69, 9.17) is 0 Å². The van der Waals surface area contributed by atoms with E-state index >= 15 is 0 Å². The van der Waals surface area contributed by atoms with Gasteiger partial charge in [-0.2, -0.15) is 9.49 Å². The minimum absolute atomic E-state index is 0.175. The first-order chi connectivity index (χ1) is 11.2. The van der Waals surface area contributed by atoms with Gasteiger partial charge in [-0.15, -0.1) is 0 Å². The molecule has 9 heteroatoms. The first kappa shape index (κ1) is 18.1. The summed E-state index contributed by atoms with van der Waals surface area (Å²) in [5, 5.41) is 17.6. The molecule has 0 aliphatic rings. The Morgan fingerprint density at radius 3 is 2.71 bits per heavy atom. The number of carbonyl (C=O) groups excluding carboxylic acids is 1. The number of hydrogen-bond acceptors (Lipinski definition) is 4. The smallest absolute Gasteiger partial charge is 0.306 e. The van der Waals surface area contributed by atoms with Crippen molar-refractivity contribution in [1.29, 1.82) is 0 Å². The van der Waals surface area contributed by atoms with E-state index in [9.17, 15) is 19.3 Å². The number of nitrogens with zero attached hydrogens (tertiary/aromatic N) is 3. The van der Waals surface area contributed by atoms with Gasteiger partial charge in [0.05, 0.1) is 27.6 Å². The van der Waals surface area contributed by atoms with Gasteiger partial charge in [0.1, 0.15) is 0 Å². The molecule has 1 N–H and O–H groups in total. The second-order valence-electron chi connectivity index (χ2n) is 5.48. The van der Waals surface area contributed by atoms with Crippen LogP contribution < -0.4 is 5.32 Å². The number of amides is 1. The summed E-state index contributed by atoms with van der Waals surface area (Å²) in [7, 11) is 0. The average Bonchev–Trinajstić information content (AvgIpc) is 2.76. The van der Waals surface area contributed by atoms with Gasteiger partial charge in [-0.05, 0) is 41.9 Å². The van der Waals surface area contributed by atoms with Crippen LogP contribution in [0.1, 0.15) is 18.3 Å². The van der Waals surface area contributed by atoms with E-state index in [0.29, 0.717) is 6.54 Å². The highest BCUT2D eigenvalue weighted by atomic mass is 79.9. The van der Waals surface area contributed by atoms with Crippen LogP contribution in [-0.2, 0) is 11.3 Å². The van der Waals surface area contributed by atoms with Crippen molar-refractivity contribution in [3.05, 3.63) is 50.0 Å². The highest BCUT2D eigenvalue weighted by molar-refractivity contribution is 9.10. The molecule has 1 aromatic carbocycles. The molecule has 0 bridgehead atoms. The molecule has 0 fully saturated rings. The van der Waals surface area contributed by atoms with Crippen LogP contribution in [0, 0.1) is 35.7 Å². The van der Waals surface area contributed by atoms with Crippen molar-refractivity contribution in [2.45, 2.75) is 27.3 Å². The summed E-state index contributed by atoms with van der Waals surface area (Å²) < 4.78 is 15.9. The highest BCUT2D eigenvalue weighted by Gasteiger charge is 2.19. The molecule has 0 radical (unpaired) electrons. The summed E-state index contributed by atoms with van der Waals surface area (Å²) in [6, 6.07) is 3.24. The van der Waals surface area contributed by atoms with Crippen molar-refractivity contribution in [3.8, 4) is 0 Å². The van der Waals surface area contributed by atoms with Gasteiger partial charge in [-0.1, -0.05) is 6.92 Å². The van der Waals surface area contributed by atoms with Gasteiger partial charge in [0.25, 0.3) is 0 Å². The number of hydrogen-bond donors (Lipinski definition) is 1. The van der Waals surface area contributed by atoms with Crippen LogP contribution in [0.5, 0.6) is 0 Å². The molecule has 0 aliphatic heterocycles. The van der Waals surface area contributed by atoms with Gasteiger partial charge >= 0.3 is 5.69 Å². The van der Waals surface area contributed by atoms with Crippen molar-refractivity contribution in [2.75, 3.05) is 5.32 Å². The van der Waals surface area contributed by atoms with Crippen molar-refractivity contribution >= 4 is 33.2 Å². The minimum atomic E-state index is -0.946. The number of nitrogens with one attached hydrogen (secondary N) is 1. The fourth-order valence-electron chi connectivity index (χ4n) is 2.19. The average molecular weight is 399 g/mol. The highest BCUT2D eigenvalue weighted by Crippen LogP contribution is 2.23. The molecule has 0 saturated carbocycles. The summed E-state index contributed by atoms with van der Waals surface area (Å²) in [6.45, 7) is 5.82. The van der Waals surface area contributed by atoms with Gasteiger partial charge in [0.2, 0.25) is 11.7 Å². The number of benzene rings is 1. The zero-order valence-corrected chi connectivity index (χ0v) is 14.9. The molecule has 1 amide bonds. The fraction of sp³-hybridized carbons (Fsp3) is 0.333. The molecule has 1 atom stereocenters. The monoisotopic (exact) mass is 398 g/mol. The Labute approximate surface area is 146 Å². The zero-order chi connectivity index (χ0) is 18.0. The molecule has 0 saturated heterocycles. The maximum atomic E-state index is 13.3. The van der Waals surface area contributed by atoms with E-state index in [1.54, 1.807) is 11.6 Å². The van der Waals surface area contributed by atoms with E-state index in [-0.39, 0.29) is 11.6 Å². The maximum Gasteiger partial charge on any atom is 0.306 e. The first-order valence-electron chi connectivity index (χ1n) is 7.15. The summed E-state index contributed by atoms with van der Waals surface area (Å²) >= 11 is 3.43. The Morgan fingerprint density at radius 2 is 2.17 bits per heavy atom. The lowest BCUT2D eigenvalue weighted by molar-refractivity contribution is -0.387. The molecular formula is C15H16BrFN4O3. The molecule has 0 spiro atoms. The number of nitro benzene ring substituents is 1. The Kier molecular flexibility index (Phi) is 5.33. The SMILES string of the molecule is Cc1nn(CC(C)C(=O)Nc2ccc(F)c([N+](=O)[O-])c2)c(C)c1Br. The topological polar surface area (TPSA) is 90.1 Å². The first-order valence-corrected chi connectivity index (χ1v) is 7.94. The van der Waals surface area contributed by atoms with Crippen LogP contribution >= 0.6 is 15.9 Å². The van der Waals surface area contributed by atoms with Crippen LogP contribution in [0.4, 0.5) is 15.8 Å². The Bertz CT molecular complexity index is 806. The van der Waals surface area contributed by atoms with Crippen LogP contribution in [0.2, 0.25) is 0 Å². The largest absolute Gasteiger partial charge is 0.326 e. The van der Waals surface area contributed by atoms with Crippen LogP contribution in [0.3, 0.4) is 0 Å². The van der Waals surface area contributed by atoms with Crippen molar-refractivity contribution in [3.63, 3.8) is 0 Å². The third-order valence-corrected chi connectivity index (χ3v) is 4.75. The van der Waals surface area contributed by atoms with E-state index in [2.05, 4.69) is 26.3 Å². The molecule has 7 nitrogen and oxygen atoms in total. The van der Waals surface area contributed by atoms with Crippen LogP contribution in [0.25, 0.3) is 0 Å². The van der Waals surface area contributed by atoms with Crippen molar-refractivity contribution in [2.24, 2.45) is 5.92 Å². The van der Waals surface area contributed by atoms with E-state index < -0.39 is 22.3 Å². The molecule has 2 aromatic rings. The number of aryl methyl sites for hydroxylation is 1. The standard InChI is InChI=1S/C15H16BrFN4O3/c1-8(7-20-10(3)14(16)9(2)19-20)15(22)18-11-4-5-12(17)13(6-11)21(23)24/h4-6,8H,7H2,1-3H3,(H,18,22). The van der Waals surface area contributed by atoms with Gasteiger partial charge in [-0.25, -0.2) is 0 Å². The van der Waals surface area contributed by atoms with Gasteiger partial charge in [0.15, 0.2) is 0 Å². The Morgan fingerprint density at radius 1 is 1.50 bits per heavy atom. The maximum absolute atomic E-state index is 13.3. The Balaban J connectivity index is 2.10. The number of carbonyl (C=O) groups is 1. The molecular weight excluding hydrogens is 383 g/mol. The lowest BCUT2D eigenvalue weighted by Crippen LogP contribution is -2.25. The second kappa shape index (κ2) is 7.08. The molecule has 1 unspecified atom stereocenters. The quantitative estimate of drug-likeness (QED) is 0.615. The molecule has 2 rings (SSSR count). The summed E-state index contributed by atoms with van der Waals surface area (Å²) in [5.41, 5.74) is 1.23. The molecule has 24 heavy (non-hydrogen) atoms. The number of anilines is 1. The molecule has 1 heterocycles. The van der Waals surface area contributed by atoms with E-state index in [0.717, 1.165) is 28.0 Å². The Hall–Kier alpha value is -2.29. The summed E-state index contributed by atoms with van der Waals surface area (Å²) in [5.74, 6) is -1.71. The van der Waals surface area contributed by atoms with Crippen molar-refractivity contribution < 1.29 is 14.1 Å². The molecule has 128 valence electrons. The fourth-order valence-corrected chi connectivity index (χ4v) is 2.47. The van der Waals surface area contributed by atoms with Crippen LogP contribution in [-0.4, -0.2) is 20.6 Å². The summed E-state index contributed by atoms with van der Waals surface area (Å²) in [6.07, 6.45) is 0. The third-order valence-electron chi connectivity index (χ3n) is 3.60. The normalized spacial score (nSPS) is 12.0. The predicted molar refractivity (Wildman–Crippen MR) is 90.2 cm³/mol. The van der Waals surface area contributed by atoms with Gasteiger partial charge < -0.3 is 5.32 Å². The number of rotatable bonds is 5. The molecule has 1 aromatic heterocycles. The minimum Gasteiger partial charge on any atom is -0.326 e. The van der Waals surface area contributed by atoms with Crippen LogP contribution in [0.15, 0.2) is 22.7 Å². The third kappa shape index (κ3) is 3.78. The van der Waals surface area contributed by atoms with Gasteiger partial charge in [-0.3, -0.25) is 19.6 Å². The summed E-state index contributed by atoms with van der Waals surface area (Å²) in [4.78, 5) is 22.2. The lowest BCUT2D eigenvalue weighted by Gasteiger charge is -2.13. The van der Waals surface area contributed by atoms with E-state index in [1.807, 2.05) is 13.8 Å². The van der Waals surface area contributed by atoms with Crippen molar-refractivity contribution in [1.82, 2.24) is 9.78 Å². The number of aromatic nitrogens is 2. The van der Waals surface area contributed by atoms with Gasteiger partial charge in [0, 0.05) is 17.4 Å². The second-order valence-corrected chi connectivity index (χ2v) is 6.27. The number of nitro groups is 1. The van der Waals surface area contributed by atoms with E-state index in [1.165, 1.54) is 6.07 Å². The number of halogens is 2.